The van der Waals surface area contributed by atoms with E-state index in [1.807, 2.05) is 0 Å². The summed E-state index contributed by atoms with van der Waals surface area (Å²) in [6, 6.07) is 4.10. The van der Waals surface area contributed by atoms with Crippen molar-refractivity contribution in [2.24, 2.45) is 0 Å². The molecule has 0 aliphatic rings. The first-order chi connectivity index (χ1) is 6.83. The molecule has 0 amide bonds. The van der Waals surface area contributed by atoms with E-state index in [2.05, 4.69) is 15.9 Å². The van der Waals surface area contributed by atoms with Crippen LogP contribution in [0.2, 0.25) is 0 Å². The van der Waals surface area contributed by atoms with E-state index >= 15 is 0 Å². The highest BCUT2D eigenvalue weighted by atomic mass is 79.9. The Hall–Kier alpha value is -0.690. The number of sulfone groups is 1. The summed E-state index contributed by atoms with van der Waals surface area (Å²) < 4.78 is 47.4. The summed E-state index contributed by atoms with van der Waals surface area (Å²) >= 11 is 3.05. The minimum atomic E-state index is -4.02. The lowest BCUT2D eigenvalue weighted by molar-refractivity contribution is 0.174. The standard InChI is InChI=1S/C8H8BrF2NO2S/c9-5-1-2-6(12)7(3-5)15(13,14)4-8(10)11/h1-3,8H,4,12H2. The lowest BCUT2D eigenvalue weighted by Crippen LogP contribution is -2.15. The maximum absolute atomic E-state index is 12.0. The van der Waals surface area contributed by atoms with Gasteiger partial charge < -0.3 is 5.73 Å². The van der Waals surface area contributed by atoms with Gasteiger partial charge in [-0.05, 0) is 18.2 Å². The van der Waals surface area contributed by atoms with Crippen LogP contribution in [0.3, 0.4) is 0 Å². The first-order valence-electron chi connectivity index (χ1n) is 3.89. The Labute approximate surface area is 94.3 Å². The van der Waals surface area contributed by atoms with E-state index in [4.69, 9.17) is 5.73 Å². The number of halogens is 3. The fourth-order valence-electron chi connectivity index (χ4n) is 1.03. The van der Waals surface area contributed by atoms with E-state index in [1.165, 1.54) is 18.2 Å². The third-order valence-electron chi connectivity index (χ3n) is 1.66. The van der Waals surface area contributed by atoms with Crippen molar-refractivity contribution in [2.45, 2.75) is 11.3 Å². The third-order valence-corrected chi connectivity index (χ3v) is 3.86. The monoisotopic (exact) mass is 299 g/mol. The molecule has 0 spiro atoms. The molecule has 2 N–H and O–H groups in total. The summed E-state index contributed by atoms with van der Waals surface area (Å²) in [5, 5.41) is 0. The van der Waals surface area contributed by atoms with Gasteiger partial charge in [-0.3, -0.25) is 0 Å². The number of nitrogen functional groups attached to an aromatic ring is 1. The van der Waals surface area contributed by atoms with Gasteiger partial charge in [0.2, 0.25) is 0 Å². The Morgan fingerprint density at radius 1 is 1.40 bits per heavy atom. The molecule has 0 unspecified atom stereocenters. The molecule has 84 valence electrons. The lowest BCUT2D eigenvalue weighted by atomic mass is 10.3. The van der Waals surface area contributed by atoms with E-state index in [9.17, 15) is 17.2 Å². The quantitative estimate of drug-likeness (QED) is 0.869. The molecule has 0 aromatic heterocycles. The Morgan fingerprint density at radius 2 is 2.00 bits per heavy atom. The minimum absolute atomic E-state index is 0.0288. The van der Waals surface area contributed by atoms with Crippen molar-refractivity contribution in [1.82, 2.24) is 0 Å². The van der Waals surface area contributed by atoms with Crippen molar-refractivity contribution in [1.29, 1.82) is 0 Å². The highest BCUT2D eigenvalue weighted by Crippen LogP contribution is 2.24. The molecule has 0 fully saturated rings. The summed E-state index contributed by atoms with van der Waals surface area (Å²) in [4.78, 5) is -0.267. The van der Waals surface area contributed by atoms with Gasteiger partial charge in [0.1, 0.15) is 5.75 Å². The van der Waals surface area contributed by atoms with Crippen LogP contribution in [-0.4, -0.2) is 20.6 Å². The van der Waals surface area contributed by atoms with E-state index in [1.54, 1.807) is 0 Å². The van der Waals surface area contributed by atoms with E-state index in [-0.39, 0.29) is 10.6 Å². The van der Waals surface area contributed by atoms with E-state index in [0.717, 1.165) is 0 Å². The number of hydrogen-bond acceptors (Lipinski definition) is 3. The van der Waals surface area contributed by atoms with Crippen LogP contribution in [0.4, 0.5) is 14.5 Å². The van der Waals surface area contributed by atoms with Crippen LogP contribution >= 0.6 is 15.9 Å². The molecule has 0 atom stereocenters. The van der Waals surface area contributed by atoms with Gasteiger partial charge in [0, 0.05) is 4.47 Å². The highest BCUT2D eigenvalue weighted by Gasteiger charge is 2.22. The zero-order valence-corrected chi connectivity index (χ0v) is 9.85. The average molecular weight is 300 g/mol. The Bertz CT molecular complexity index is 462. The van der Waals surface area contributed by atoms with Crippen LogP contribution in [0.1, 0.15) is 0 Å². The maximum Gasteiger partial charge on any atom is 0.252 e. The molecule has 0 bridgehead atoms. The SMILES string of the molecule is Nc1ccc(Br)cc1S(=O)(=O)CC(F)F. The molecular formula is C8H8BrF2NO2S. The number of alkyl halides is 2. The van der Waals surface area contributed by atoms with E-state index < -0.39 is 22.0 Å². The summed E-state index contributed by atoms with van der Waals surface area (Å²) in [5.41, 5.74) is 5.38. The highest BCUT2D eigenvalue weighted by molar-refractivity contribution is 9.10. The van der Waals surface area contributed by atoms with Crippen LogP contribution in [0.15, 0.2) is 27.6 Å². The minimum Gasteiger partial charge on any atom is -0.398 e. The predicted molar refractivity (Wildman–Crippen MR) is 56.6 cm³/mol. The third kappa shape index (κ3) is 3.13. The molecule has 0 aliphatic heterocycles. The second-order valence-electron chi connectivity index (χ2n) is 2.85. The van der Waals surface area contributed by atoms with Crippen molar-refractivity contribution in [3.8, 4) is 0 Å². The van der Waals surface area contributed by atoms with Crippen molar-refractivity contribution in [3.05, 3.63) is 22.7 Å². The van der Waals surface area contributed by atoms with Crippen molar-refractivity contribution >= 4 is 31.5 Å². The zero-order valence-electron chi connectivity index (χ0n) is 7.45. The van der Waals surface area contributed by atoms with Gasteiger partial charge in [-0.25, -0.2) is 17.2 Å². The first-order valence-corrected chi connectivity index (χ1v) is 6.33. The molecule has 1 rings (SSSR count). The first kappa shape index (κ1) is 12.4. The lowest BCUT2D eigenvalue weighted by Gasteiger charge is -2.07. The molecule has 0 radical (unpaired) electrons. The van der Waals surface area contributed by atoms with Crippen LogP contribution in [0.5, 0.6) is 0 Å². The number of anilines is 1. The predicted octanol–water partition coefficient (Wildman–Crippen LogP) is 2.07. The van der Waals surface area contributed by atoms with Gasteiger partial charge in [0.25, 0.3) is 6.43 Å². The van der Waals surface area contributed by atoms with Crippen molar-refractivity contribution in [3.63, 3.8) is 0 Å². The molecule has 0 saturated heterocycles. The summed E-state index contributed by atoms with van der Waals surface area (Å²) in [5.74, 6) is -1.21. The molecule has 0 aliphatic carbocycles. The van der Waals surface area contributed by atoms with Crippen LogP contribution in [0, 0.1) is 0 Å². The van der Waals surface area contributed by atoms with Crippen molar-refractivity contribution in [2.75, 3.05) is 11.5 Å². The summed E-state index contributed by atoms with van der Waals surface area (Å²) in [7, 11) is -4.02. The Morgan fingerprint density at radius 3 is 2.53 bits per heavy atom. The number of nitrogens with two attached hydrogens (primary N) is 1. The molecular weight excluding hydrogens is 292 g/mol. The molecule has 3 nitrogen and oxygen atoms in total. The zero-order chi connectivity index (χ0) is 11.6. The van der Waals surface area contributed by atoms with Gasteiger partial charge in [0.05, 0.1) is 10.6 Å². The molecule has 7 heteroatoms. The second-order valence-corrected chi connectivity index (χ2v) is 5.77. The molecule has 15 heavy (non-hydrogen) atoms. The molecule has 0 saturated carbocycles. The molecule has 0 heterocycles. The fourth-order valence-corrected chi connectivity index (χ4v) is 2.79. The van der Waals surface area contributed by atoms with E-state index in [0.29, 0.717) is 4.47 Å². The van der Waals surface area contributed by atoms with Crippen LogP contribution in [0.25, 0.3) is 0 Å². The summed E-state index contributed by atoms with van der Waals surface area (Å²) in [6.45, 7) is 0. The second kappa shape index (κ2) is 4.44. The van der Waals surface area contributed by atoms with Crippen LogP contribution in [-0.2, 0) is 9.84 Å². The Kier molecular flexibility index (Phi) is 3.67. The van der Waals surface area contributed by atoms with Gasteiger partial charge in [-0.1, -0.05) is 15.9 Å². The number of rotatable bonds is 3. The topological polar surface area (TPSA) is 60.2 Å². The van der Waals surface area contributed by atoms with Gasteiger partial charge in [0.15, 0.2) is 9.84 Å². The molecule has 1 aromatic carbocycles. The number of hydrogen-bond donors (Lipinski definition) is 1. The van der Waals surface area contributed by atoms with Crippen LogP contribution < -0.4 is 5.73 Å². The average Bonchev–Trinajstić information content (AvgIpc) is 2.06. The summed E-state index contributed by atoms with van der Waals surface area (Å²) in [6.07, 6.45) is -2.91. The number of benzene rings is 1. The van der Waals surface area contributed by atoms with Gasteiger partial charge in [-0.2, -0.15) is 0 Å². The van der Waals surface area contributed by atoms with Gasteiger partial charge in [-0.15, -0.1) is 0 Å². The fraction of sp³-hybridized carbons (Fsp3) is 0.250. The van der Waals surface area contributed by atoms with Crippen molar-refractivity contribution < 1.29 is 17.2 Å². The maximum atomic E-state index is 12.0. The normalized spacial score (nSPS) is 12.0. The Balaban J connectivity index is 3.21. The van der Waals surface area contributed by atoms with Gasteiger partial charge >= 0.3 is 0 Å². The molecule has 1 aromatic rings. The smallest absolute Gasteiger partial charge is 0.252 e. The largest absolute Gasteiger partial charge is 0.398 e.